The summed E-state index contributed by atoms with van der Waals surface area (Å²) >= 11 is 0. The van der Waals surface area contributed by atoms with Crippen molar-refractivity contribution in [3.8, 4) is 0 Å². The summed E-state index contributed by atoms with van der Waals surface area (Å²) in [6, 6.07) is 10.6. The van der Waals surface area contributed by atoms with Gasteiger partial charge in [-0.1, -0.05) is 44.2 Å². The largest absolute Gasteiger partial charge is 0.389 e. The Morgan fingerprint density at radius 2 is 2.00 bits per heavy atom. The van der Waals surface area contributed by atoms with Crippen LogP contribution in [0, 0.1) is 5.92 Å². The zero-order valence-corrected chi connectivity index (χ0v) is 11.5. The molecule has 2 nitrogen and oxygen atoms in total. The molecule has 1 aliphatic heterocycles. The summed E-state index contributed by atoms with van der Waals surface area (Å²) in [5.74, 6) is 0.995. The van der Waals surface area contributed by atoms with Crippen molar-refractivity contribution >= 4 is 0 Å². The zero-order chi connectivity index (χ0) is 13.0. The Morgan fingerprint density at radius 1 is 1.28 bits per heavy atom. The molecule has 2 N–H and O–H groups in total. The van der Waals surface area contributed by atoms with Crippen LogP contribution >= 0.6 is 0 Å². The fourth-order valence-corrected chi connectivity index (χ4v) is 2.97. The third-order valence-electron chi connectivity index (χ3n) is 4.08. The maximum Gasteiger partial charge on any atom is 0.0778 e. The number of β-amino-alcohol motifs (C(OH)–C–C–N with tert-alkyl or cyclic N) is 1. The number of hydrogen-bond donors (Lipinski definition) is 2. The average molecular weight is 247 g/mol. The standard InChI is InChI=1S/C16H25NO/c1-13(2)15(14-7-4-3-5-8-14)11-16(18)9-6-10-17-12-16/h3-5,7-8,13,15,17-18H,6,9-12H2,1-2H3. The van der Waals surface area contributed by atoms with Gasteiger partial charge in [-0.3, -0.25) is 0 Å². The van der Waals surface area contributed by atoms with E-state index in [1.165, 1.54) is 5.56 Å². The molecule has 0 saturated carbocycles. The highest BCUT2D eigenvalue weighted by atomic mass is 16.3. The number of benzene rings is 1. The molecule has 100 valence electrons. The molecule has 1 heterocycles. The molecule has 1 aliphatic rings. The minimum Gasteiger partial charge on any atom is -0.389 e. The molecule has 1 fully saturated rings. The highest BCUT2D eigenvalue weighted by molar-refractivity contribution is 5.21. The topological polar surface area (TPSA) is 32.3 Å². The maximum absolute atomic E-state index is 10.7. The third kappa shape index (κ3) is 3.33. The molecule has 2 heteroatoms. The van der Waals surface area contributed by atoms with Crippen molar-refractivity contribution < 1.29 is 5.11 Å². The van der Waals surface area contributed by atoms with Crippen molar-refractivity contribution in [2.75, 3.05) is 13.1 Å². The Kier molecular flexibility index (Phi) is 4.41. The third-order valence-corrected chi connectivity index (χ3v) is 4.08. The summed E-state index contributed by atoms with van der Waals surface area (Å²) in [4.78, 5) is 0. The Bertz CT molecular complexity index is 355. The lowest BCUT2D eigenvalue weighted by Gasteiger charge is -2.37. The highest BCUT2D eigenvalue weighted by Gasteiger charge is 2.33. The van der Waals surface area contributed by atoms with Crippen LogP contribution in [-0.4, -0.2) is 23.8 Å². The van der Waals surface area contributed by atoms with E-state index >= 15 is 0 Å². The first-order valence-corrected chi connectivity index (χ1v) is 7.09. The van der Waals surface area contributed by atoms with Gasteiger partial charge in [0.05, 0.1) is 5.60 Å². The molecule has 2 atom stereocenters. The second-order valence-electron chi connectivity index (χ2n) is 5.97. The van der Waals surface area contributed by atoms with Crippen LogP contribution in [0.1, 0.15) is 44.6 Å². The molecule has 0 radical (unpaired) electrons. The van der Waals surface area contributed by atoms with Gasteiger partial charge in [0.25, 0.3) is 0 Å². The SMILES string of the molecule is CC(C)C(CC1(O)CCCNC1)c1ccccc1. The van der Waals surface area contributed by atoms with Gasteiger partial charge in [0.2, 0.25) is 0 Å². The van der Waals surface area contributed by atoms with E-state index in [0.717, 1.165) is 32.4 Å². The van der Waals surface area contributed by atoms with Crippen molar-refractivity contribution in [1.29, 1.82) is 0 Å². The summed E-state index contributed by atoms with van der Waals surface area (Å²) in [5, 5.41) is 14.0. The van der Waals surface area contributed by atoms with Gasteiger partial charge in [-0.05, 0) is 43.2 Å². The molecule has 0 bridgehead atoms. The summed E-state index contributed by atoms with van der Waals surface area (Å²) in [7, 11) is 0. The zero-order valence-electron chi connectivity index (χ0n) is 11.5. The van der Waals surface area contributed by atoms with Crippen molar-refractivity contribution in [3.63, 3.8) is 0 Å². The predicted octanol–water partition coefficient (Wildman–Crippen LogP) is 2.93. The molecule has 0 spiro atoms. The summed E-state index contributed by atoms with van der Waals surface area (Å²) in [5.41, 5.74) is 0.828. The van der Waals surface area contributed by atoms with Gasteiger partial charge in [-0.2, -0.15) is 0 Å². The van der Waals surface area contributed by atoms with Crippen LogP contribution in [0.25, 0.3) is 0 Å². The number of aliphatic hydroxyl groups is 1. The van der Waals surface area contributed by atoms with Crippen LogP contribution in [-0.2, 0) is 0 Å². The molecule has 1 aromatic rings. The van der Waals surface area contributed by atoms with Crippen molar-refractivity contribution in [2.45, 2.75) is 44.6 Å². The Hall–Kier alpha value is -0.860. The molecule has 0 aromatic heterocycles. The van der Waals surface area contributed by atoms with Crippen molar-refractivity contribution in [3.05, 3.63) is 35.9 Å². The van der Waals surface area contributed by atoms with Gasteiger partial charge in [0.15, 0.2) is 0 Å². The van der Waals surface area contributed by atoms with E-state index in [0.29, 0.717) is 11.8 Å². The molecule has 2 rings (SSSR count). The van der Waals surface area contributed by atoms with Gasteiger partial charge in [-0.25, -0.2) is 0 Å². The summed E-state index contributed by atoms with van der Waals surface area (Å²) < 4.78 is 0. The fraction of sp³-hybridized carbons (Fsp3) is 0.625. The van der Waals surface area contributed by atoms with Crippen LogP contribution in [0.4, 0.5) is 0 Å². The van der Waals surface area contributed by atoms with E-state index < -0.39 is 5.60 Å². The highest BCUT2D eigenvalue weighted by Crippen LogP contribution is 2.35. The van der Waals surface area contributed by atoms with E-state index in [1.807, 2.05) is 0 Å². The Labute approximate surface area is 110 Å². The van der Waals surface area contributed by atoms with Crippen LogP contribution < -0.4 is 5.32 Å². The lowest BCUT2D eigenvalue weighted by Crippen LogP contribution is -2.46. The van der Waals surface area contributed by atoms with E-state index in [9.17, 15) is 5.11 Å². The van der Waals surface area contributed by atoms with Gasteiger partial charge in [0.1, 0.15) is 0 Å². The maximum atomic E-state index is 10.7. The summed E-state index contributed by atoms with van der Waals surface area (Å²) in [6.07, 6.45) is 2.87. The first-order chi connectivity index (χ1) is 8.61. The lowest BCUT2D eigenvalue weighted by molar-refractivity contribution is -0.00163. The monoisotopic (exact) mass is 247 g/mol. The minimum atomic E-state index is -0.525. The second kappa shape index (κ2) is 5.85. The van der Waals surface area contributed by atoms with Crippen molar-refractivity contribution in [1.82, 2.24) is 5.32 Å². The van der Waals surface area contributed by atoms with Crippen molar-refractivity contribution in [2.24, 2.45) is 5.92 Å². The molecule has 1 aromatic carbocycles. The number of rotatable bonds is 4. The van der Waals surface area contributed by atoms with Crippen LogP contribution in [0.15, 0.2) is 30.3 Å². The normalized spacial score (nSPS) is 26.2. The minimum absolute atomic E-state index is 0.441. The smallest absolute Gasteiger partial charge is 0.0778 e. The van der Waals surface area contributed by atoms with Crippen LogP contribution in [0.5, 0.6) is 0 Å². The second-order valence-corrected chi connectivity index (χ2v) is 5.97. The number of piperidine rings is 1. The average Bonchev–Trinajstić information content (AvgIpc) is 2.38. The molecule has 1 saturated heterocycles. The first-order valence-electron chi connectivity index (χ1n) is 7.09. The molecular formula is C16H25NO. The van der Waals surface area contributed by atoms with Gasteiger partial charge in [0, 0.05) is 6.54 Å². The van der Waals surface area contributed by atoms with E-state index in [1.54, 1.807) is 0 Å². The Balaban J connectivity index is 2.11. The predicted molar refractivity (Wildman–Crippen MR) is 75.7 cm³/mol. The van der Waals surface area contributed by atoms with Gasteiger partial charge in [-0.15, -0.1) is 0 Å². The number of hydrogen-bond acceptors (Lipinski definition) is 2. The quantitative estimate of drug-likeness (QED) is 0.857. The van der Waals surface area contributed by atoms with E-state index in [-0.39, 0.29) is 0 Å². The van der Waals surface area contributed by atoms with Gasteiger partial charge < -0.3 is 10.4 Å². The summed E-state index contributed by atoms with van der Waals surface area (Å²) in [6.45, 7) is 6.28. The Morgan fingerprint density at radius 3 is 2.56 bits per heavy atom. The first kappa shape index (κ1) is 13.6. The number of nitrogens with one attached hydrogen (secondary N) is 1. The fourth-order valence-electron chi connectivity index (χ4n) is 2.97. The van der Waals surface area contributed by atoms with E-state index in [2.05, 4.69) is 49.5 Å². The molecular weight excluding hydrogens is 222 g/mol. The van der Waals surface area contributed by atoms with Crippen LogP contribution in [0.2, 0.25) is 0 Å². The van der Waals surface area contributed by atoms with Gasteiger partial charge >= 0.3 is 0 Å². The molecule has 0 amide bonds. The molecule has 18 heavy (non-hydrogen) atoms. The lowest BCUT2D eigenvalue weighted by atomic mass is 9.77. The molecule has 2 unspecified atom stereocenters. The van der Waals surface area contributed by atoms with Crippen LogP contribution in [0.3, 0.4) is 0 Å². The van der Waals surface area contributed by atoms with E-state index in [4.69, 9.17) is 0 Å². The molecule has 0 aliphatic carbocycles.